The molecule has 2 N–H and O–H groups in total. The van der Waals surface area contributed by atoms with Crippen LogP contribution in [0.4, 0.5) is 0 Å². The highest BCUT2D eigenvalue weighted by molar-refractivity contribution is 7.99. The summed E-state index contributed by atoms with van der Waals surface area (Å²) >= 11 is 1.56. The van der Waals surface area contributed by atoms with E-state index in [-0.39, 0.29) is 0 Å². The molecule has 0 saturated heterocycles. The predicted molar refractivity (Wildman–Crippen MR) is 65.0 cm³/mol. The summed E-state index contributed by atoms with van der Waals surface area (Å²) in [6.07, 6.45) is 0.676. The van der Waals surface area contributed by atoms with E-state index in [1.807, 2.05) is 6.07 Å². The van der Waals surface area contributed by atoms with Crippen LogP contribution in [-0.2, 0) is 0 Å². The Morgan fingerprint density at radius 2 is 2.12 bits per heavy atom. The normalized spacial score (nSPS) is 11.4. The Hall–Kier alpha value is -1.00. The van der Waals surface area contributed by atoms with Crippen molar-refractivity contribution in [2.45, 2.75) is 30.8 Å². The zero-order valence-corrected chi connectivity index (χ0v) is 10.3. The SMILES string of the molecule is CC(C)(O)CCSc1cccc(C(=O)O)c1. The van der Waals surface area contributed by atoms with Gasteiger partial charge in [0, 0.05) is 10.6 Å². The first-order chi connectivity index (χ1) is 7.38. The highest BCUT2D eigenvalue weighted by Crippen LogP contribution is 2.22. The Kier molecular flexibility index (Phi) is 4.38. The lowest BCUT2D eigenvalue weighted by Crippen LogP contribution is -2.19. The largest absolute Gasteiger partial charge is 0.478 e. The van der Waals surface area contributed by atoms with E-state index in [1.165, 1.54) is 0 Å². The van der Waals surface area contributed by atoms with Crippen molar-refractivity contribution < 1.29 is 15.0 Å². The first-order valence-electron chi connectivity index (χ1n) is 5.07. The van der Waals surface area contributed by atoms with Gasteiger partial charge in [-0.2, -0.15) is 0 Å². The summed E-state index contributed by atoms with van der Waals surface area (Å²) in [5, 5.41) is 18.3. The van der Waals surface area contributed by atoms with Crippen LogP contribution in [0.25, 0.3) is 0 Å². The molecule has 0 unspecified atom stereocenters. The molecule has 0 atom stereocenters. The summed E-state index contributed by atoms with van der Waals surface area (Å²) in [5.41, 5.74) is -0.370. The van der Waals surface area contributed by atoms with E-state index in [1.54, 1.807) is 43.8 Å². The van der Waals surface area contributed by atoms with Crippen LogP contribution < -0.4 is 0 Å². The highest BCUT2D eigenvalue weighted by Gasteiger charge is 2.12. The van der Waals surface area contributed by atoms with Crippen LogP contribution in [0.5, 0.6) is 0 Å². The zero-order chi connectivity index (χ0) is 12.2. The molecule has 0 aliphatic heterocycles. The molecule has 1 rings (SSSR count). The molecule has 0 heterocycles. The molecule has 1 aromatic rings. The van der Waals surface area contributed by atoms with Crippen LogP contribution in [0.15, 0.2) is 29.2 Å². The first-order valence-corrected chi connectivity index (χ1v) is 6.05. The number of hydrogen-bond acceptors (Lipinski definition) is 3. The highest BCUT2D eigenvalue weighted by atomic mass is 32.2. The van der Waals surface area contributed by atoms with Crippen molar-refractivity contribution in [1.82, 2.24) is 0 Å². The summed E-state index contributed by atoms with van der Waals surface area (Å²) in [6.45, 7) is 3.53. The van der Waals surface area contributed by atoms with Gasteiger partial charge in [-0.1, -0.05) is 6.07 Å². The molecule has 88 valence electrons. The smallest absolute Gasteiger partial charge is 0.335 e. The Morgan fingerprint density at radius 3 is 2.69 bits per heavy atom. The van der Waals surface area contributed by atoms with Crippen molar-refractivity contribution in [2.24, 2.45) is 0 Å². The van der Waals surface area contributed by atoms with E-state index >= 15 is 0 Å². The van der Waals surface area contributed by atoms with Gasteiger partial charge in [-0.15, -0.1) is 11.8 Å². The third-order valence-corrected chi connectivity index (χ3v) is 3.06. The fraction of sp³-hybridized carbons (Fsp3) is 0.417. The lowest BCUT2D eigenvalue weighted by atomic mass is 10.1. The Balaban J connectivity index is 2.55. The summed E-state index contributed by atoms with van der Waals surface area (Å²) in [4.78, 5) is 11.7. The van der Waals surface area contributed by atoms with Crippen LogP contribution in [0.2, 0.25) is 0 Å². The van der Waals surface area contributed by atoms with Crippen LogP contribution in [-0.4, -0.2) is 27.5 Å². The molecule has 0 aliphatic rings. The van der Waals surface area contributed by atoms with Gasteiger partial charge in [-0.05, 0) is 38.5 Å². The van der Waals surface area contributed by atoms with Crippen molar-refractivity contribution >= 4 is 17.7 Å². The minimum absolute atomic E-state index is 0.299. The van der Waals surface area contributed by atoms with E-state index in [2.05, 4.69) is 0 Å². The van der Waals surface area contributed by atoms with Crippen LogP contribution in [0.3, 0.4) is 0 Å². The molecule has 0 bridgehead atoms. The number of thioether (sulfide) groups is 1. The maximum Gasteiger partial charge on any atom is 0.335 e. The molecular weight excluding hydrogens is 224 g/mol. The van der Waals surface area contributed by atoms with Crippen LogP contribution in [0.1, 0.15) is 30.6 Å². The van der Waals surface area contributed by atoms with Crippen LogP contribution in [0, 0.1) is 0 Å². The van der Waals surface area contributed by atoms with Crippen molar-refractivity contribution in [3.8, 4) is 0 Å². The van der Waals surface area contributed by atoms with Gasteiger partial charge in [-0.25, -0.2) is 4.79 Å². The van der Waals surface area contributed by atoms with Gasteiger partial charge < -0.3 is 10.2 Å². The average molecular weight is 240 g/mol. The number of carboxylic acids is 1. The maximum atomic E-state index is 10.7. The Morgan fingerprint density at radius 1 is 1.44 bits per heavy atom. The third kappa shape index (κ3) is 4.68. The van der Waals surface area contributed by atoms with Gasteiger partial charge in [0.1, 0.15) is 0 Å². The van der Waals surface area contributed by atoms with Gasteiger partial charge in [0.25, 0.3) is 0 Å². The van der Waals surface area contributed by atoms with Crippen molar-refractivity contribution in [1.29, 1.82) is 0 Å². The van der Waals surface area contributed by atoms with Crippen molar-refractivity contribution in [2.75, 3.05) is 5.75 Å². The molecule has 0 saturated carbocycles. The summed E-state index contributed by atoms with van der Waals surface area (Å²) in [5.74, 6) is -0.142. The number of benzene rings is 1. The molecule has 1 aromatic carbocycles. The average Bonchev–Trinajstić information content (AvgIpc) is 2.16. The number of aliphatic hydroxyl groups is 1. The van der Waals surface area contributed by atoms with E-state index in [4.69, 9.17) is 5.11 Å². The second-order valence-corrected chi connectivity index (χ2v) is 5.41. The first kappa shape index (κ1) is 13.1. The standard InChI is InChI=1S/C12H16O3S/c1-12(2,15)6-7-16-10-5-3-4-9(8-10)11(13)14/h3-5,8,15H,6-7H2,1-2H3,(H,13,14). The molecule has 3 nitrogen and oxygen atoms in total. The fourth-order valence-corrected chi connectivity index (χ4v) is 2.36. The van der Waals surface area contributed by atoms with Gasteiger partial charge in [0.05, 0.1) is 11.2 Å². The monoisotopic (exact) mass is 240 g/mol. The quantitative estimate of drug-likeness (QED) is 0.777. The molecule has 0 fully saturated rings. The minimum atomic E-state index is -0.912. The summed E-state index contributed by atoms with van der Waals surface area (Å²) < 4.78 is 0. The number of carbonyl (C=O) groups is 1. The van der Waals surface area contributed by atoms with Gasteiger partial charge in [0.2, 0.25) is 0 Å². The molecule has 0 aliphatic carbocycles. The number of hydrogen-bond donors (Lipinski definition) is 2. The second-order valence-electron chi connectivity index (χ2n) is 4.24. The van der Waals surface area contributed by atoms with E-state index in [0.717, 1.165) is 10.6 Å². The van der Waals surface area contributed by atoms with Crippen LogP contribution >= 0.6 is 11.8 Å². The molecule has 0 amide bonds. The lowest BCUT2D eigenvalue weighted by molar-refractivity contribution is 0.0695. The van der Waals surface area contributed by atoms with Gasteiger partial charge >= 0.3 is 5.97 Å². The number of aromatic carboxylic acids is 1. The third-order valence-electron chi connectivity index (χ3n) is 2.06. The van der Waals surface area contributed by atoms with Crippen molar-refractivity contribution in [3.63, 3.8) is 0 Å². The fourth-order valence-electron chi connectivity index (χ4n) is 1.14. The van der Waals surface area contributed by atoms with E-state index < -0.39 is 11.6 Å². The molecule has 4 heteroatoms. The van der Waals surface area contributed by atoms with Gasteiger partial charge in [-0.3, -0.25) is 0 Å². The molecule has 0 spiro atoms. The number of carboxylic acid groups (broad SMARTS) is 1. The Bertz CT molecular complexity index is 369. The molecular formula is C12H16O3S. The van der Waals surface area contributed by atoms with E-state index in [0.29, 0.717) is 12.0 Å². The summed E-state index contributed by atoms with van der Waals surface area (Å²) in [6, 6.07) is 6.83. The number of rotatable bonds is 5. The lowest BCUT2D eigenvalue weighted by Gasteiger charge is -2.16. The van der Waals surface area contributed by atoms with Gasteiger partial charge in [0.15, 0.2) is 0 Å². The summed E-state index contributed by atoms with van der Waals surface area (Å²) in [7, 11) is 0. The van der Waals surface area contributed by atoms with Crippen molar-refractivity contribution in [3.05, 3.63) is 29.8 Å². The Labute approximate surface area is 99.5 Å². The van der Waals surface area contributed by atoms with E-state index in [9.17, 15) is 9.90 Å². The topological polar surface area (TPSA) is 57.5 Å². The molecule has 0 aromatic heterocycles. The zero-order valence-electron chi connectivity index (χ0n) is 9.43. The maximum absolute atomic E-state index is 10.7. The predicted octanol–water partition coefficient (Wildman–Crippen LogP) is 2.64. The second kappa shape index (κ2) is 5.37. The molecule has 16 heavy (non-hydrogen) atoms. The molecule has 0 radical (unpaired) electrons. The minimum Gasteiger partial charge on any atom is -0.478 e.